The molecule has 0 radical (unpaired) electrons. The number of hydrogen-bond donors (Lipinski definition) is 1. The number of hydrogen-bond acceptors (Lipinski definition) is 4. The van der Waals surface area contributed by atoms with Gasteiger partial charge in [0, 0.05) is 10.7 Å². The van der Waals surface area contributed by atoms with Gasteiger partial charge in [0.25, 0.3) is 0 Å². The van der Waals surface area contributed by atoms with Crippen LogP contribution in [0.2, 0.25) is 0 Å². The first-order chi connectivity index (χ1) is 10.1. The molecule has 2 heterocycles. The smallest absolute Gasteiger partial charge is 0.184 e. The summed E-state index contributed by atoms with van der Waals surface area (Å²) >= 11 is 3.42. The van der Waals surface area contributed by atoms with Crippen molar-refractivity contribution in [1.29, 1.82) is 0 Å². The van der Waals surface area contributed by atoms with E-state index in [-0.39, 0.29) is 0 Å². The number of fused-ring (bicyclic) bond motifs is 1. The van der Waals surface area contributed by atoms with Crippen LogP contribution >= 0.6 is 15.9 Å². The maximum absolute atomic E-state index is 5.93. The van der Waals surface area contributed by atoms with Crippen molar-refractivity contribution in [2.75, 3.05) is 5.73 Å². The normalized spacial score (nSPS) is 11.0. The maximum Gasteiger partial charge on any atom is 0.184 e. The predicted molar refractivity (Wildman–Crippen MR) is 85.3 cm³/mol. The number of nitrogen functional groups attached to an aromatic ring is 1. The number of pyridine rings is 1. The Morgan fingerprint density at radius 1 is 1.24 bits per heavy atom. The van der Waals surface area contributed by atoms with E-state index in [4.69, 9.17) is 10.5 Å². The topological polar surface area (TPSA) is 65.4 Å². The number of nitrogens with two attached hydrogens (primary N) is 1. The highest BCUT2D eigenvalue weighted by Gasteiger charge is 2.11. The summed E-state index contributed by atoms with van der Waals surface area (Å²) in [6.45, 7) is 4.39. The first kappa shape index (κ1) is 13.9. The van der Waals surface area contributed by atoms with Gasteiger partial charge in [0.1, 0.15) is 12.4 Å². The van der Waals surface area contributed by atoms with Gasteiger partial charge >= 0.3 is 0 Å². The van der Waals surface area contributed by atoms with Crippen LogP contribution in [0.4, 0.5) is 5.69 Å². The van der Waals surface area contributed by atoms with E-state index < -0.39 is 0 Å². The van der Waals surface area contributed by atoms with E-state index in [2.05, 4.69) is 26.1 Å². The molecule has 6 heteroatoms. The summed E-state index contributed by atoms with van der Waals surface area (Å²) in [5, 5.41) is 8.26. The zero-order chi connectivity index (χ0) is 15.0. The van der Waals surface area contributed by atoms with Crippen LogP contribution in [0, 0.1) is 13.8 Å². The Bertz CT molecular complexity index is 793. The molecule has 0 fully saturated rings. The highest BCUT2D eigenvalue weighted by molar-refractivity contribution is 9.10. The Hall–Kier alpha value is -2.08. The molecule has 3 rings (SSSR count). The summed E-state index contributed by atoms with van der Waals surface area (Å²) in [6, 6.07) is 7.87. The highest BCUT2D eigenvalue weighted by Crippen LogP contribution is 2.24. The molecule has 0 saturated heterocycles. The highest BCUT2D eigenvalue weighted by atomic mass is 79.9. The molecule has 2 aromatic heterocycles. The van der Waals surface area contributed by atoms with Crippen molar-refractivity contribution < 1.29 is 4.74 Å². The van der Waals surface area contributed by atoms with Gasteiger partial charge in [0.15, 0.2) is 11.5 Å². The summed E-state index contributed by atoms with van der Waals surface area (Å²) in [5.74, 6) is 1.60. The molecule has 108 valence electrons. The molecule has 0 bridgehead atoms. The minimum atomic E-state index is 0.336. The van der Waals surface area contributed by atoms with E-state index in [1.165, 1.54) is 0 Å². The van der Waals surface area contributed by atoms with Crippen LogP contribution in [-0.4, -0.2) is 14.6 Å². The average molecular weight is 347 g/mol. The number of ether oxygens (including phenoxy) is 1. The summed E-state index contributed by atoms with van der Waals surface area (Å²) in [6.07, 6.45) is 1.88. The molecule has 1 aromatic carbocycles. The molecule has 21 heavy (non-hydrogen) atoms. The Kier molecular flexibility index (Phi) is 3.55. The van der Waals surface area contributed by atoms with Gasteiger partial charge in [0.05, 0.1) is 5.69 Å². The third kappa shape index (κ3) is 2.58. The minimum absolute atomic E-state index is 0.336. The average Bonchev–Trinajstić information content (AvgIpc) is 2.81. The number of anilines is 1. The van der Waals surface area contributed by atoms with E-state index in [1.807, 2.05) is 42.6 Å². The lowest BCUT2D eigenvalue weighted by Crippen LogP contribution is -2.04. The van der Waals surface area contributed by atoms with Gasteiger partial charge < -0.3 is 10.5 Å². The second kappa shape index (κ2) is 5.37. The fraction of sp³-hybridized carbons (Fsp3) is 0.200. The molecular formula is C15H15BrN4O. The first-order valence-electron chi connectivity index (χ1n) is 6.54. The lowest BCUT2D eigenvalue weighted by molar-refractivity contribution is 0.290. The third-order valence-electron chi connectivity index (χ3n) is 3.32. The number of nitrogens with zero attached hydrogens (tertiary/aromatic N) is 3. The molecule has 0 aliphatic rings. The number of halogens is 1. The van der Waals surface area contributed by atoms with Gasteiger partial charge in [-0.1, -0.05) is 18.2 Å². The van der Waals surface area contributed by atoms with Crippen LogP contribution in [0.15, 0.2) is 34.9 Å². The van der Waals surface area contributed by atoms with Gasteiger partial charge in [-0.15, -0.1) is 10.2 Å². The second-order valence-electron chi connectivity index (χ2n) is 4.93. The molecular weight excluding hydrogens is 332 g/mol. The van der Waals surface area contributed by atoms with Gasteiger partial charge in [-0.2, -0.15) is 0 Å². The van der Waals surface area contributed by atoms with E-state index in [9.17, 15) is 0 Å². The molecule has 3 aromatic rings. The van der Waals surface area contributed by atoms with E-state index in [0.717, 1.165) is 21.3 Å². The van der Waals surface area contributed by atoms with Crippen molar-refractivity contribution in [1.82, 2.24) is 14.6 Å². The van der Waals surface area contributed by atoms with Crippen LogP contribution < -0.4 is 10.5 Å². The molecule has 0 spiro atoms. The van der Waals surface area contributed by atoms with Crippen LogP contribution in [0.25, 0.3) is 5.65 Å². The number of benzene rings is 1. The lowest BCUT2D eigenvalue weighted by Gasteiger charge is -2.11. The van der Waals surface area contributed by atoms with Crippen LogP contribution in [0.5, 0.6) is 5.75 Å². The SMILES string of the molecule is Cc1cccc(C)c1OCc1nnc2c(N)cc(Br)cn12. The Labute approximate surface area is 130 Å². The Morgan fingerprint density at radius 2 is 1.95 bits per heavy atom. The van der Waals surface area contributed by atoms with Gasteiger partial charge in [0.2, 0.25) is 0 Å². The lowest BCUT2D eigenvalue weighted by atomic mass is 10.1. The second-order valence-corrected chi connectivity index (χ2v) is 5.85. The van der Waals surface area contributed by atoms with Crippen molar-refractivity contribution in [3.05, 3.63) is 51.9 Å². The molecule has 0 aliphatic heterocycles. The number of rotatable bonds is 3. The predicted octanol–water partition coefficient (Wildman–Crippen LogP) is 3.27. The monoisotopic (exact) mass is 346 g/mol. The molecule has 0 amide bonds. The minimum Gasteiger partial charge on any atom is -0.485 e. The number of aromatic nitrogens is 3. The van der Waals surface area contributed by atoms with Crippen molar-refractivity contribution >= 4 is 27.3 Å². The van der Waals surface area contributed by atoms with Crippen LogP contribution in [0.1, 0.15) is 17.0 Å². The first-order valence-corrected chi connectivity index (χ1v) is 7.33. The van der Waals surface area contributed by atoms with E-state index >= 15 is 0 Å². The summed E-state index contributed by atoms with van der Waals surface area (Å²) in [7, 11) is 0. The summed E-state index contributed by atoms with van der Waals surface area (Å²) < 4.78 is 8.64. The standard InChI is InChI=1S/C15H15BrN4O/c1-9-4-3-5-10(2)14(9)21-8-13-18-19-15-12(17)6-11(16)7-20(13)15/h3-7H,8,17H2,1-2H3. The zero-order valence-corrected chi connectivity index (χ0v) is 13.4. The van der Waals surface area contributed by atoms with E-state index in [1.54, 1.807) is 6.07 Å². The molecule has 0 aliphatic carbocycles. The van der Waals surface area contributed by atoms with Gasteiger partial charge in [-0.05, 0) is 47.0 Å². The fourth-order valence-corrected chi connectivity index (χ4v) is 2.74. The van der Waals surface area contributed by atoms with Crippen molar-refractivity contribution in [3.63, 3.8) is 0 Å². The quantitative estimate of drug-likeness (QED) is 0.790. The number of aryl methyl sites for hydroxylation is 2. The molecule has 0 unspecified atom stereocenters. The van der Waals surface area contributed by atoms with Crippen molar-refractivity contribution in [2.45, 2.75) is 20.5 Å². The summed E-state index contributed by atoms with van der Waals surface area (Å²) in [4.78, 5) is 0. The molecule has 0 saturated carbocycles. The summed E-state index contributed by atoms with van der Waals surface area (Å²) in [5.41, 5.74) is 9.35. The van der Waals surface area contributed by atoms with Crippen molar-refractivity contribution in [2.24, 2.45) is 0 Å². The van der Waals surface area contributed by atoms with Gasteiger partial charge in [-0.25, -0.2) is 0 Å². The van der Waals surface area contributed by atoms with Gasteiger partial charge in [-0.3, -0.25) is 4.40 Å². The molecule has 0 atom stereocenters. The zero-order valence-electron chi connectivity index (χ0n) is 11.8. The van der Waals surface area contributed by atoms with E-state index in [0.29, 0.717) is 23.8 Å². The fourth-order valence-electron chi connectivity index (χ4n) is 2.29. The molecule has 5 nitrogen and oxygen atoms in total. The Balaban J connectivity index is 1.93. The maximum atomic E-state index is 5.93. The van der Waals surface area contributed by atoms with Crippen molar-refractivity contribution in [3.8, 4) is 5.75 Å². The van der Waals surface area contributed by atoms with Crippen LogP contribution in [0.3, 0.4) is 0 Å². The Morgan fingerprint density at radius 3 is 2.67 bits per heavy atom. The largest absolute Gasteiger partial charge is 0.485 e. The number of para-hydroxylation sites is 1. The van der Waals surface area contributed by atoms with Crippen LogP contribution in [-0.2, 0) is 6.61 Å². The third-order valence-corrected chi connectivity index (χ3v) is 3.76. The molecule has 2 N–H and O–H groups in total.